The summed E-state index contributed by atoms with van der Waals surface area (Å²) >= 11 is 8.82. The highest BCUT2D eigenvalue weighted by Crippen LogP contribution is 2.21. The molecule has 0 unspecified atom stereocenters. The summed E-state index contributed by atoms with van der Waals surface area (Å²) in [5.74, 6) is 0.311. The van der Waals surface area contributed by atoms with Crippen molar-refractivity contribution < 1.29 is 9.94 Å². The van der Waals surface area contributed by atoms with E-state index in [9.17, 15) is 0 Å². The summed E-state index contributed by atoms with van der Waals surface area (Å²) in [6.07, 6.45) is 1.56. The number of pyridine rings is 1. The van der Waals surface area contributed by atoms with E-state index < -0.39 is 0 Å². The van der Waals surface area contributed by atoms with Crippen LogP contribution in [0, 0.1) is 0 Å². The van der Waals surface area contributed by atoms with Gasteiger partial charge >= 0.3 is 0 Å². The zero-order valence-electron chi connectivity index (χ0n) is 6.66. The molecule has 70 valence electrons. The normalized spacial score (nSPS) is 11.5. The van der Waals surface area contributed by atoms with E-state index in [0.29, 0.717) is 11.4 Å². The lowest BCUT2D eigenvalue weighted by Gasteiger charge is -2.04. The van der Waals surface area contributed by atoms with Crippen molar-refractivity contribution in [2.75, 3.05) is 7.11 Å². The summed E-state index contributed by atoms with van der Waals surface area (Å²) in [4.78, 5) is 3.92. The second kappa shape index (κ2) is 4.43. The molecule has 0 radical (unpaired) electrons. The maximum absolute atomic E-state index is 8.46. The van der Waals surface area contributed by atoms with Crippen LogP contribution in [0.25, 0.3) is 0 Å². The van der Waals surface area contributed by atoms with Gasteiger partial charge in [0.05, 0.1) is 12.7 Å². The van der Waals surface area contributed by atoms with Gasteiger partial charge < -0.3 is 9.94 Å². The molecule has 0 aliphatic rings. The maximum atomic E-state index is 8.46. The average molecular weight is 265 g/mol. The van der Waals surface area contributed by atoms with E-state index in [1.165, 1.54) is 7.11 Å². The van der Waals surface area contributed by atoms with Crippen LogP contribution in [0.15, 0.2) is 21.9 Å². The van der Waals surface area contributed by atoms with Crippen molar-refractivity contribution in [3.63, 3.8) is 0 Å². The molecular formula is C7H6BrClN2O2. The Kier molecular flexibility index (Phi) is 3.50. The first kappa shape index (κ1) is 10.3. The summed E-state index contributed by atoms with van der Waals surface area (Å²) in [6.45, 7) is 0. The molecule has 0 aliphatic heterocycles. The van der Waals surface area contributed by atoms with Crippen LogP contribution in [-0.4, -0.2) is 22.5 Å². The van der Waals surface area contributed by atoms with Gasteiger partial charge in [-0.1, -0.05) is 16.8 Å². The lowest BCUT2D eigenvalue weighted by molar-refractivity contribution is 0.320. The minimum atomic E-state index is -0.0642. The average Bonchev–Trinajstić information content (AvgIpc) is 2.16. The van der Waals surface area contributed by atoms with Crippen LogP contribution < -0.4 is 4.74 Å². The van der Waals surface area contributed by atoms with Gasteiger partial charge in [-0.2, -0.15) is 0 Å². The quantitative estimate of drug-likeness (QED) is 0.507. The van der Waals surface area contributed by atoms with Crippen molar-refractivity contribution in [3.8, 4) is 5.88 Å². The van der Waals surface area contributed by atoms with Crippen molar-refractivity contribution in [2.45, 2.75) is 0 Å². The van der Waals surface area contributed by atoms with E-state index in [1.807, 2.05) is 0 Å². The first-order valence-corrected chi connectivity index (χ1v) is 4.43. The van der Waals surface area contributed by atoms with Crippen molar-refractivity contribution in [1.82, 2.24) is 4.98 Å². The largest absolute Gasteiger partial charge is 0.480 e. The van der Waals surface area contributed by atoms with E-state index in [1.54, 1.807) is 12.3 Å². The minimum absolute atomic E-state index is 0.0642. The molecule has 0 bridgehead atoms. The van der Waals surface area contributed by atoms with Crippen molar-refractivity contribution in [1.29, 1.82) is 0 Å². The fourth-order valence-electron chi connectivity index (χ4n) is 0.791. The highest BCUT2D eigenvalue weighted by atomic mass is 79.9. The van der Waals surface area contributed by atoms with E-state index in [0.717, 1.165) is 4.47 Å². The predicted octanol–water partition coefficient (Wildman–Crippen LogP) is 2.23. The van der Waals surface area contributed by atoms with Crippen LogP contribution in [0.2, 0.25) is 0 Å². The third-order valence-corrected chi connectivity index (χ3v) is 2.03. The van der Waals surface area contributed by atoms with Crippen molar-refractivity contribution in [2.24, 2.45) is 5.16 Å². The molecule has 1 N–H and O–H groups in total. The number of rotatable bonds is 2. The minimum Gasteiger partial charge on any atom is -0.480 e. The number of halogens is 2. The van der Waals surface area contributed by atoms with Gasteiger partial charge in [0.15, 0.2) is 5.17 Å². The Labute approximate surface area is 88.3 Å². The summed E-state index contributed by atoms with van der Waals surface area (Å²) in [7, 11) is 1.46. The number of aromatic nitrogens is 1. The smallest absolute Gasteiger partial charge is 0.223 e. The standard InChI is InChI=1S/C7H6BrClN2O2/c1-13-7-5(6(9)11-12)2-4(8)3-10-7/h2-3,12H,1H3. The molecule has 0 saturated carbocycles. The molecule has 1 aromatic rings. The van der Waals surface area contributed by atoms with Crippen molar-refractivity contribution in [3.05, 3.63) is 22.3 Å². The number of methoxy groups -OCH3 is 1. The second-order valence-corrected chi connectivity index (χ2v) is 3.37. The van der Waals surface area contributed by atoms with Crippen LogP contribution in [0.1, 0.15) is 5.56 Å². The number of nitrogens with zero attached hydrogens (tertiary/aromatic N) is 2. The molecule has 6 heteroatoms. The van der Waals surface area contributed by atoms with Gasteiger partial charge in [-0.15, -0.1) is 0 Å². The molecule has 0 fully saturated rings. The summed E-state index contributed by atoms with van der Waals surface area (Å²) in [5, 5.41) is 11.2. The molecular weight excluding hydrogens is 259 g/mol. The maximum Gasteiger partial charge on any atom is 0.223 e. The Hall–Kier alpha value is -0.810. The molecule has 0 amide bonds. The Morgan fingerprint density at radius 2 is 2.46 bits per heavy atom. The van der Waals surface area contributed by atoms with E-state index in [2.05, 4.69) is 26.1 Å². The van der Waals surface area contributed by atoms with Gasteiger partial charge in [-0.25, -0.2) is 4.98 Å². The fraction of sp³-hybridized carbons (Fsp3) is 0.143. The number of hydrogen-bond acceptors (Lipinski definition) is 4. The first-order chi connectivity index (χ1) is 6.19. The first-order valence-electron chi connectivity index (χ1n) is 3.26. The summed E-state index contributed by atoms with van der Waals surface area (Å²) in [6, 6.07) is 1.65. The third kappa shape index (κ3) is 2.32. The predicted molar refractivity (Wildman–Crippen MR) is 52.7 cm³/mol. The van der Waals surface area contributed by atoms with Gasteiger partial charge in [0.1, 0.15) is 0 Å². The van der Waals surface area contributed by atoms with Crippen LogP contribution in [0.3, 0.4) is 0 Å². The van der Waals surface area contributed by atoms with Crippen molar-refractivity contribution >= 4 is 32.7 Å². The van der Waals surface area contributed by atoms with Crippen LogP contribution in [0.4, 0.5) is 0 Å². The van der Waals surface area contributed by atoms with E-state index >= 15 is 0 Å². The SMILES string of the molecule is COc1ncc(Br)cc1C(Cl)=NO. The molecule has 4 nitrogen and oxygen atoms in total. The molecule has 1 heterocycles. The van der Waals surface area contributed by atoms with Crippen LogP contribution in [-0.2, 0) is 0 Å². The highest BCUT2D eigenvalue weighted by molar-refractivity contribution is 9.10. The number of oxime groups is 1. The number of ether oxygens (including phenoxy) is 1. The van der Waals surface area contributed by atoms with Gasteiger partial charge in [0.25, 0.3) is 0 Å². The van der Waals surface area contributed by atoms with Gasteiger partial charge in [0, 0.05) is 10.7 Å². The fourth-order valence-corrected chi connectivity index (χ4v) is 1.26. The summed E-state index contributed by atoms with van der Waals surface area (Å²) < 4.78 is 5.64. The van der Waals surface area contributed by atoms with Crippen LogP contribution >= 0.6 is 27.5 Å². The Bertz CT molecular complexity index is 343. The Morgan fingerprint density at radius 1 is 1.77 bits per heavy atom. The van der Waals surface area contributed by atoms with Gasteiger partial charge in [0.2, 0.25) is 5.88 Å². The molecule has 13 heavy (non-hydrogen) atoms. The van der Waals surface area contributed by atoms with Gasteiger partial charge in [-0.3, -0.25) is 0 Å². The molecule has 0 atom stereocenters. The van der Waals surface area contributed by atoms with Crippen LogP contribution in [0.5, 0.6) is 5.88 Å². The molecule has 0 aromatic carbocycles. The Morgan fingerprint density at radius 3 is 3.00 bits per heavy atom. The topological polar surface area (TPSA) is 54.7 Å². The molecule has 1 rings (SSSR count). The zero-order valence-corrected chi connectivity index (χ0v) is 9.00. The van der Waals surface area contributed by atoms with E-state index in [-0.39, 0.29) is 5.17 Å². The molecule has 0 spiro atoms. The lowest BCUT2D eigenvalue weighted by atomic mass is 10.3. The third-order valence-electron chi connectivity index (χ3n) is 1.32. The Balaban J connectivity index is 3.23. The second-order valence-electron chi connectivity index (χ2n) is 2.10. The summed E-state index contributed by atoms with van der Waals surface area (Å²) in [5.41, 5.74) is 0.432. The molecule has 0 saturated heterocycles. The molecule has 0 aliphatic carbocycles. The molecule has 1 aromatic heterocycles. The zero-order chi connectivity index (χ0) is 9.84. The number of hydrogen-bond donors (Lipinski definition) is 1. The monoisotopic (exact) mass is 264 g/mol. The lowest BCUT2D eigenvalue weighted by Crippen LogP contribution is -1.99. The highest BCUT2D eigenvalue weighted by Gasteiger charge is 2.10. The van der Waals surface area contributed by atoms with Gasteiger partial charge in [-0.05, 0) is 22.0 Å². The van der Waals surface area contributed by atoms with E-state index in [4.69, 9.17) is 21.5 Å².